The predicted octanol–water partition coefficient (Wildman–Crippen LogP) is 5.39. The van der Waals surface area contributed by atoms with Crippen molar-refractivity contribution in [3.8, 4) is 17.2 Å². The number of nitrogens with zero attached hydrogens (tertiary/aromatic N) is 2. The van der Waals surface area contributed by atoms with Crippen molar-refractivity contribution in [3.63, 3.8) is 0 Å². The van der Waals surface area contributed by atoms with Crippen LogP contribution in [0.15, 0.2) is 72.9 Å². The highest BCUT2D eigenvalue weighted by atomic mass is 35.5. The maximum Gasteiger partial charge on any atom is 0.227 e. The van der Waals surface area contributed by atoms with Crippen molar-refractivity contribution in [2.45, 2.75) is 6.61 Å². The number of nitrogens with one attached hydrogen (secondary N) is 1. The maximum atomic E-state index is 5.90. The summed E-state index contributed by atoms with van der Waals surface area (Å²) in [6.07, 6.45) is 1.81. The molecule has 0 aliphatic heterocycles. The molecule has 4 rings (SSSR count). The number of methoxy groups -OCH3 is 2. The first-order chi connectivity index (χ1) is 14.3. The molecule has 1 N–H and O–H groups in total. The van der Waals surface area contributed by atoms with E-state index in [4.69, 9.17) is 14.2 Å². The SMILES string of the molecule is COc1cccc(COc2ccc(Nc3ncc4ccccc4n3)cc2)c1OC.Cl. The molecule has 30 heavy (non-hydrogen) atoms. The zero-order chi connectivity index (χ0) is 20.1. The molecule has 7 heteroatoms. The highest BCUT2D eigenvalue weighted by molar-refractivity contribution is 5.85. The van der Waals surface area contributed by atoms with Crippen LogP contribution in [0.2, 0.25) is 0 Å². The fourth-order valence-corrected chi connectivity index (χ4v) is 3.02. The number of rotatable bonds is 7. The van der Waals surface area contributed by atoms with E-state index in [1.165, 1.54) is 0 Å². The average Bonchev–Trinajstić information content (AvgIpc) is 2.78. The molecule has 0 aliphatic carbocycles. The van der Waals surface area contributed by atoms with Gasteiger partial charge in [-0.2, -0.15) is 0 Å². The van der Waals surface area contributed by atoms with E-state index in [1.807, 2.05) is 72.9 Å². The third-order valence-corrected chi connectivity index (χ3v) is 4.48. The zero-order valence-electron chi connectivity index (χ0n) is 16.7. The molecule has 6 nitrogen and oxygen atoms in total. The molecule has 0 unspecified atom stereocenters. The first kappa shape index (κ1) is 21.2. The van der Waals surface area contributed by atoms with Crippen molar-refractivity contribution in [3.05, 3.63) is 78.5 Å². The molecular weight excluding hydrogens is 402 g/mol. The fourth-order valence-electron chi connectivity index (χ4n) is 3.02. The summed E-state index contributed by atoms with van der Waals surface area (Å²) < 4.78 is 16.7. The van der Waals surface area contributed by atoms with Gasteiger partial charge in [-0.05, 0) is 36.4 Å². The Morgan fingerprint density at radius 3 is 2.43 bits per heavy atom. The van der Waals surface area contributed by atoms with Crippen LogP contribution in [-0.4, -0.2) is 24.2 Å². The molecule has 0 amide bonds. The summed E-state index contributed by atoms with van der Waals surface area (Å²) in [5.41, 5.74) is 2.70. The van der Waals surface area contributed by atoms with Crippen LogP contribution >= 0.6 is 12.4 Å². The molecule has 1 heterocycles. The van der Waals surface area contributed by atoms with Crippen LogP contribution in [0.1, 0.15) is 5.56 Å². The van der Waals surface area contributed by atoms with E-state index in [1.54, 1.807) is 14.2 Å². The molecule has 0 atom stereocenters. The van der Waals surface area contributed by atoms with E-state index in [0.29, 0.717) is 24.1 Å². The minimum absolute atomic E-state index is 0. The number of aromatic nitrogens is 2. The number of hydrogen-bond donors (Lipinski definition) is 1. The van der Waals surface area contributed by atoms with Crippen LogP contribution in [-0.2, 0) is 6.61 Å². The molecule has 0 saturated carbocycles. The number of fused-ring (bicyclic) bond motifs is 1. The van der Waals surface area contributed by atoms with E-state index < -0.39 is 0 Å². The third kappa shape index (κ3) is 4.72. The lowest BCUT2D eigenvalue weighted by Crippen LogP contribution is -2.01. The molecule has 0 aliphatic rings. The van der Waals surface area contributed by atoms with Gasteiger partial charge in [0.15, 0.2) is 11.5 Å². The Morgan fingerprint density at radius 1 is 0.867 bits per heavy atom. The van der Waals surface area contributed by atoms with Gasteiger partial charge in [0.2, 0.25) is 5.95 Å². The molecule has 1 aromatic heterocycles. The van der Waals surface area contributed by atoms with Gasteiger partial charge in [0.1, 0.15) is 12.4 Å². The Kier molecular flexibility index (Phi) is 6.93. The molecule has 0 radical (unpaired) electrons. The lowest BCUT2D eigenvalue weighted by atomic mass is 10.2. The Labute approximate surface area is 181 Å². The van der Waals surface area contributed by atoms with Crippen LogP contribution in [0.5, 0.6) is 17.2 Å². The first-order valence-corrected chi connectivity index (χ1v) is 9.18. The van der Waals surface area contributed by atoms with Crippen molar-refractivity contribution in [1.82, 2.24) is 9.97 Å². The Hall–Kier alpha value is -3.51. The number of ether oxygens (including phenoxy) is 3. The summed E-state index contributed by atoms with van der Waals surface area (Å²) >= 11 is 0. The number of benzene rings is 3. The van der Waals surface area contributed by atoms with E-state index in [-0.39, 0.29) is 12.4 Å². The van der Waals surface area contributed by atoms with Gasteiger partial charge in [0.05, 0.1) is 19.7 Å². The summed E-state index contributed by atoms with van der Waals surface area (Å²) in [5.74, 6) is 2.67. The smallest absolute Gasteiger partial charge is 0.227 e. The molecule has 0 bridgehead atoms. The molecular formula is C23H22ClN3O3. The van der Waals surface area contributed by atoms with Gasteiger partial charge in [-0.1, -0.05) is 30.3 Å². The minimum atomic E-state index is 0. The first-order valence-electron chi connectivity index (χ1n) is 9.18. The van der Waals surface area contributed by atoms with Crippen LogP contribution in [0, 0.1) is 0 Å². The lowest BCUT2D eigenvalue weighted by molar-refractivity contribution is 0.291. The summed E-state index contributed by atoms with van der Waals surface area (Å²) in [6, 6.07) is 21.3. The van der Waals surface area contributed by atoms with Crippen molar-refractivity contribution in [2.24, 2.45) is 0 Å². The highest BCUT2D eigenvalue weighted by Crippen LogP contribution is 2.31. The van der Waals surface area contributed by atoms with Gasteiger partial charge in [0.25, 0.3) is 0 Å². The topological polar surface area (TPSA) is 65.5 Å². The highest BCUT2D eigenvalue weighted by Gasteiger charge is 2.10. The van der Waals surface area contributed by atoms with Gasteiger partial charge in [-0.25, -0.2) is 9.97 Å². The monoisotopic (exact) mass is 423 g/mol. The molecule has 0 fully saturated rings. The summed E-state index contributed by atoms with van der Waals surface area (Å²) in [6.45, 7) is 0.376. The van der Waals surface area contributed by atoms with Crippen molar-refractivity contribution >= 4 is 34.9 Å². The average molecular weight is 424 g/mol. The Morgan fingerprint density at radius 2 is 1.67 bits per heavy atom. The normalized spacial score (nSPS) is 10.2. The predicted molar refractivity (Wildman–Crippen MR) is 120 cm³/mol. The van der Waals surface area contributed by atoms with Crippen molar-refractivity contribution in [2.75, 3.05) is 19.5 Å². The van der Waals surface area contributed by atoms with Gasteiger partial charge in [-0.15, -0.1) is 12.4 Å². The van der Waals surface area contributed by atoms with E-state index in [0.717, 1.165) is 27.9 Å². The summed E-state index contributed by atoms with van der Waals surface area (Å²) in [4.78, 5) is 8.88. The number of hydrogen-bond acceptors (Lipinski definition) is 6. The summed E-state index contributed by atoms with van der Waals surface area (Å²) in [7, 11) is 3.24. The van der Waals surface area contributed by atoms with Crippen LogP contribution in [0.3, 0.4) is 0 Å². The standard InChI is InChI=1S/C23H21N3O3.ClH/c1-27-21-9-5-7-17(22(21)28-2)15-29-19-12-10-18(11-13-19)25-23-24-14-16-6-3-4-8-20(16)26-23;/h3-14H,15H2,1-2H3,(H,24,25,26);1H. The fraction of sp³-hybridized carbons (Fsp3) is 0.130. The summed E-state index contributed by atoms with van der Waals surface area (Å²) in [5, 5.41) is 4.23. The van der Waals surface area contributed by atoms with Crippen LogP contribution in [0.25, 0.3) is 10.9 Å². The molecule has 4 aromatic rings. The zero-order valence-corrected chi connectivity index (χ0v) is 17.5. The van der Waals surface area contributed by atoms with Crippen LogP contribution < -0.4 is 19.5 Å². The second kappa shape index (κ2) is 9.80. The van der Waals surface area contributed by atoms with Gasteiger partial charge >= 0.3 is 0 Å². The van der Waals surface area contributed by atoms with E-state index in [9.17, 15) is 0 Å². The molecule has 154 valence electrons. The maximum absolute atomic E-state index is 5.90. The van der Waals surface area contributed by atoms with E-state index in [2.05, 4.69) is 15.3 Å². The second-order valence-corrected chi connectivity index (χ2v) is 6.34. The van der Waals surface area contributed by atoms with Gasteiger partial charge in [0, 0.05) is 22.8 Å². The number of halogens is 1. The van der Waals surface area contributed by atoms with Crippen molar-refractivity contribution < 1.29 is 14.2 Å². The molecule has 0 saturated heterocycles. The Balaban J connectivity index is 0.00000256. The number of para-hydroxylation sites is 2. The van der Waals surface area contributed by atoms with Gasteiger partial charge in [-0.3, -0.25) is 0 Å². The third-order valence-electron chi connectivity index (χ3n) is 4.48. The van der Waals surface area contributed by atoms with E-state index >= 15 is 0 Å². The lowest BCUT2D eigenvalue weighted by Gasteiger charge is -2.13. The van der Waals surface area contributed by atoms with Crippen LogP contribution in [0.4, 0.5) is 11.6 Å². The molecule has 0 spiro atoms. The molecule has 3 aromatic carbocycles. The Bertz CT molecular complexity index is 1120. The van der Waals surface area contributed by atoms with Crippen molar-refractivity contribution in [1.29, 1.82) is 0 Å². The quantitative estimate of drug-likeness (QED) is 0.430. The largest absolute Gasteiger partial charge is 0.493 e. The van der Waals surface area contributed by atoms with Gasteiger partial charge < -0.3 is 19.5 Å². The number of anilines is 2. The minimum Gasteiger partial charge on any atom is -0.493 e. The second-order valence-electron chi connectivity index (χ2n) is 6.34.